The van der Waals surface area contributed by atoms with Crippen molar-refractivity contribution in [3.8, 4) is 11.1 Å². The summed E-state index contributed by atoms with van der Waals surface area (Å²) in [6.07, 6.45) is 0. The van der Waals surface area contributed by atoms with Crippen LogP contribution in [0.3, 0.4) is 0 Å². The van der Waals surface area contributed by atoms with Crippen LogP contribution in [0.25, 0.3) is 11.1 Å². The van der Waals surface area contributed by atoms with E-state index in [0.717, 1.165) is 17.0 Å². The summed E-state index contributed by atoms with van der Waals surface area (Å²) in [5.74, 6) is 1.30. The highest BCUT2D eigenvalue weighted by Gasteiger charge is 2.25. The average Bonchev–Trinajstić information content (AvgIpc) is 3.12. The topological polar surface area (TPSA) is 74.9 Å². The zero-order valence-corrected chi connectivity index (χ0v) is 14.5. The first kappa shape index (κ1) is 16.2. The maximum Gasteiger partial charge on any atom is 0.254 e. The van der Waals surface area contributed by atoms with Crippen molar-refractivity contribution in [3.05, 3.63) is 71.8 Å². The Hall–Kier alpha value is -3.28. The van der Waals surface area contributed by atoms with Crippen molar-refractivity contribution < 1.29 is 4.79 Å². The predicted octanol–water partition coefficient (Wildman–Crippen LogP) is 2.99. The molecule has 2 heterocycles. The van der Waals surface area contributed by atoms with E-state index in [1.807, 2.05) is 47.0 Å². The van der Waals surface area contributed by atoms with Crippen LogP contribution in [-0.4, -0.2) is 37.8 Å². The summed E-state index contributed by atoms with van der Waals surface area (Å²) in [7, 11) is 0. The van der Waals surface area contributed by atoms with Crippen LogP contribution in [0, 0.1) is 5.41 Å². The molecule has 1 aliphatic rings. The number of rotatable bonds is 3. The van der Waals surface area contributed by atoms with E-state index in [4.69, 9.17) is 5.41 Å². The molecule has 6 heteroatoms. The molecule has 26 heavy (non-hydrogen) atoms. The molecule has 0 spiro atoms. The Kier molecular flexibility index (Phi) is 4.08. The molecule has 1 aromatic heterocycles. The number of nitrogens with zero attached hydrogens (tertiary/aromatic N) is 4. The third kappa shape index (κ3) is 2.90. The van der Waals surface area contributed by atoms with Gasteiger partial charge < -0.3 is 14.9 Å². The summed E-state index contributed by atoms with van der Waals surface area (Å²) in [4.78, 5) is 14.6. The summed E-state index contributed by atoms with van der Waals surface area (Å²) in [6, 6.07) is 17.8. The van der Waals surface area contributed by atoms with Gasteiger partial charge in [0.2, 0.25) is 0 Å². The SMILES string of the molecule is CC(=N)c1nnc2n1CCN(C(=O)c1ccc(-c3ccccc3)cc1)C2. The molecule has 1 N–H and O–H groups in total. The van der Waals surface area contributed by atoms with E-state index >= 15 is 0 Å². The molecule has 0 fully saturated rings. The number of carbonyl (C=O) groups is 1. The normalized spacial score (nSPS) is 13.3. The van der Waals surface area contributed by atoms with Gasteiger partial charge in [0.1, 0.15) is 0 Å². The van der Waals surface area contributed by atoms with Crippen LogP contribution >= 0.6 is 0 Å². The lowest BCUT2D eigenvalue weighted by Crippen LogP contribution is -2.39. The first-order valence-corrected chi connectivity index (χ1v) is 8.56. The fourth-order valence-corrected chi connectivity index (χ4v) is 3.23. The van der Waals surface area contributed by atoms with Gasteiger partial charge in [-0.3, -0.25) is 4.79 Å². The van der Waals surface area contributed by atoms with E-state index in [9.17, 15) is 4.79 Å². The average molecular weight is 345 g/mol. The van der Waals surface area contributed by atoms with Crippen molar-refractivity contribution in [1.82, 2.24) is 19.7 Å². The molecule has 0 unspecified atom stereocenters. The summed E-state index contributed by atoms with van der Waals surface area (Å²) < 4.78 is 1.92. The molecular weight excluding hydrogens is 326 g/mol. The zero-order chi connectivity index (χ0) is 18.1. The van der Waals surface area contributed by atoms with Crippen molar-refractivity contribution in [3.63, 3.8) is 0 Å². The highest BCUT2D eigenvalue weighted by atomic mass is 16.2. The van der Waals surface area contributed by atoms with Gasteiger partial charge in [-0.05, 0) is 30.2 Å². The molecule has 0 radical (unpaired) electrons. The third-order valence-corrected chi connectivity index (χ3v) is 4.61. The van der Waals surface area contributed by atoms with Gasteiger partial charge in [0, 0.05) is 18.7 Å². The van der Waals surface area contributed by atoms with Crippen molar-refractivity contribution >= 4 is 11.6 Å². The molecule has 3 aromatic rings. The number of hydrogen-bond donors (Lipinski definition) is 1. The van der Waals surface area contributed by atoms with E-state index < -0.39 is 0 Å². The van der Waals surface area contributed by atoms with Gasteiger partial charge in [-0.15, -0.1) is 10.2 Å². The van der Waals surface area contributed by atoms with Crippen LogP contribution in [0.5, 0.6) is 0 Å². The van der Waals surface area contributed by atoms with Gasteiger partial charge in [-0.1, -0.05) is 42.5 Å². The molecule has 0 saturated carbocycles. The third-order valence-electron chi connectivity index (χ3n) is 4.61. The molecule has 0 bridgehead atoms. The maximum absolute atomic E-state index is 12.8. The number of carbonyl (C=O) groups excluding carboxylic acids is 1. The molecule has 6 nitrogen and oxygen atoms in total. The Labute approximate surface area is 151 Å². The Balaban J connectivity index is 1.52. The molecule has 4 rings (SSSR count). The fraction of sp³-hybridized carbons (Fsp3) is 0.200. The fourth-order valence-electron chi connectivity index (χ4n) is 3.23. The van der Waals surface area contributed by atoms with E-state index in [1.165, 1.54) is 0 Å². The van der Waals surface area contributed by atoms with Gasteiger partial charge in [0.15, 0.2) is 11.6 Å². The second-order valence-corrected chi connectivity index (χ2v) is 6.39. The predicted molar refractivity (Wildman–Crippen MR) is 99.1 cm³/mol. The van der Waals surface area contributed by atoms with Crippen LogP contribution < -0.4 is 0 Å². The molecule has 0 atom stereocenters. The van der Waals surface area contributed by atoms with Crippen molar-refractivity contribution in [2.45, 2.75) is 20.0 Å². The largest absolute Gasteiger partial charge is 0.329 e. The first-order valence-electron chi connectivity index (χ1n) is 8.56. The van der Waals surface area contributed by atoms with E-state index in [-0.39, 0.29) is 5.91 Å². The highest BCUT2D eigenvalue weighted by Crippen LogP contribution is 2.21. The number of aromatic nitrogens is 3. The molecule has 0 saturated heterocycles. The van der Waals surface area contributed by atoms with E-state index in [0.29, 0.717) is 36.7 Å². The summed E-state index contributed by atoms with van der Waals surface area (Å²) in [6.45, 7) is 3.31. The highest BCUT2D eigenvalue weighted by molar-refractivity contribution is 5.95. The second kappa shape index (κ2) is 6.55. The van der Waals surface area contributed by atoms with Gasteiger partial charge >= 0.3 is 0 Å². The standard InChI is InChI=1S/C20H19N5O/c1-14(21)19-23-22-18-13-24(11-12-25(18)19)20(26)17-9-7-16(8-10-17)15-5-3-2-4-6-15/h2-10,21H,11-13H2,1H3. The number of benzene rings is 2. The van der Waals surface area contributed by atoms with E-state index in [1.54, 1.807) is 11.8 Å². The lowest BCUT2D eigenvalue weighted by Gasteiger charge is -2.28. The number of nitrogens with one attached hydrogen (secondary N) is 1. The molecule has 1 aliphatic heterocycles. The summed E-state index contributed by atoms with van der Waals surface area (Å²) >= 11 is 0. The minimum absolute atomic E-state index is 0.00742. The minimum atomic E-state index is -0.00742. The van der Waals surface area contributed by atoms with Gasteiger partial charge in [0.25, 0.3) is 5.91 Å². The first-order chi connectivity index (χ1) is 12.6. The number of hydrogen-bond acceptors (Lipinski definition) is 4. The molecule has 1 amide bonds. The lowest BCUT2D eigenvalue weighted by atomic mass is 10.0. The molecular formula is C20H19N5O. The Bertz CT molecular complexity index is 960. The Morgan fingerprint density at radius 2 is 1.65 bits per heavy atom. The Morgan fingerprint density at radius 3 is 2.35 bits per heavy atom. The summed E-state index contributed by atoms with van der Waals surface area (Å²) in [5, 5.41) is 15.9. The molecule has 130 valence electrons. The number of amides is 1. The van der Waals surface area contributed by atoms with Crippen LogP contribution in [-0.2, 0) is 13.1 Å². The van der Waals surface area contributed by atoms with Crippen LogP contribution in [0.15, 0.2) is 54.6 Å². The lowest BCUT2D eigenvalue weighted by molar-refractivity contribution is 0.0707. The second-order valence-electron chi connectivity index (χ2n) is 6.39. The van der Waals surface area contributed by atoms with E-state index in [2.05, 4.69) is 22.3 Å². The number of fused-ring (bicyclic) bond motifs is 1. The zero-order valence-electron chi connectivity index (χ0n) is 14.5. The molecule has 0 aliphatic carbocycles. The van der Waals surface area contributed by atoms with Crippen LogP contribution in [0.2, 0.25) is 0 Å². The molecule has 2 aromatic carbocycles. The van der Waals surface area contributed by atoms with Gasteiger partial charge in [-0.2, -0.15) is 0 Å². The minimum Gasteiger partial charge on any atom is -0.329 e. The smallest absolute Gasteiger partial charge is 0.254 e. The maximum atomic E-state index is 12.8. The monoisotopic (exact) mass is 345 g/mol. The Morgan fingerprint density at radius 1 is 0.962 bits per heavy atom. The quantitative estimate of drug-likeness (QED) is 0.742. The van der Waals surface area contributed by atoms with Crippen LogP contribution in [0.1, 0.15) is 28.9 Å². The van der Waals surface area contributed by atoms with Crippen molar-refractivity contribution in [2.24, 2.45) is 0 Å². The van der Waals surface area contributed by atoms with Gasteiger partial charge in [-0.25, -0.2) is 0 Å². The summed E-state index contributed by atoms with van der Waals surface area (Å²) in [5.41, 5.74) is 3.28. The van der Waals surface area contributed by atoms with Crippen molar-refractivity contribution in [1.29, 1.82) is 5.41 Å². The van der Waals surface area contributed by atoms with Crippen molar-refractivity contribution in [2.75, 3.05) is 6.54 Å². The van der Waals surface area contributed by atoms with Crippen LogP contribution in [0.4, 0.5) is 0 Å². The van der Waals surface area contributed by atoms with Gasteiger partial charge in [0.05, 0.1) is 12.3 Å².